The molecule has 0 atom stereocenters. The van der Waals surface area contributed by atoms with Crippen molar-refractivity contribution in [2.75, 3.05) is 0 Å². The lowest BCUT2D eigenvalue weighted by molar-refractivity contribution is 0.219. The first-order valence-electron chi connectivity index (χ1n) is 6.69. The van der Waals surface area contributed by atoms with E-state index in [-0.39, 0.29) is 0 Å². The quantitative estimate of drug-likeness (QED) is 0.933. The molecule has 1 aliphatic carbocycles. The number of hydrogen-bond acceptors (Lipinski definition) is 6. The molecule has 19 heavy (non-hydrogen) atoms. The van der Waals surface area contributed by atoms with Gasteiger partial charge in [-0.1, -0.05) is 24.4 Å². The van der Waals surface area contributed by atoms with Gasteiger partial charge >= 0.3 is 0 Å². The number of rotatable bonds is 3. The van der Waals surface area contributed by atoms with E-state index in [1.165, 1.54) is 6.42 Å². The summed E-state index contributed by atoms with van der Waals surface area (Å²) >= 11 is 1.64. The topological polar surface area (TPSA) is 77.8 Å². The average molecular weight is 278 g/mol. The van der Waals surface area contributed by atoms with E-state index >= 15 is 0 Å². The Kier molecular flexibility index (Phi) is 3.36. The summed E-state index contributed by atoms with van der Waals surface area (Å²) in [6.45, 7) is 1.99. The van der Waals surface area contributed by atoms with Gasteiger partial charge in [0.2, 0.25) is 5.89 Å². The van der Waals surface area contributed by atoms with Gasteiger partial charge in [0.1, 0.15) is 0 Å². The van der Waals surface area contributed by atoms with Gasteiger partial charge < -0.3 is 10.3 Å². The second-order valence-electron chi connectivity index (χ2n) is 5.27. The SMILES string of the molecule is Cc1nc(Cc2noc(C3(N)CCCCC3)n2)cs1. The number of thiazole rings is 1. The van der Waals surface area contributed by atoms with Crippen LogP contribution in [0.2, 0.25) is 0 Å². The number of aromatic nitrogens is 3. The molecule has 102 valence electrons. The van der Waals surface area contributed by atoms with Gasteiger partial charge in [0.15, 0.2) is 5.82 Å². The third-order valence-corrected chi connectivity index (χ3v) is 4.47. The van der Waals surface area contributed by atoms with Crippen LogP contribution in [-0.4, -0.2) is 15.1 Å². The molecule has 6 heteroatoms. The van der Waals surface area contributed by atoms with Gasteiger partial charge in [-0.2, -0.15) is 4.98 Å². The van der Waals surface area contributed by atoms with Crippen LogP contribution < -0.4 is 5.73 Å². The van der Waals surface area contributed by atoms with Crippen molar-refractivity contribution in [1.82, 2.24) is 15.1 Å². The molecular formula is C13H18N4OS. The maximum Gasteiger partial charge on any atom is 0.246 e. The predicted octanol–water partition coefficient (Wildman–Crippen LogP) is 2.54. The minimum Gasteiger partial charge on any atom is -0.337 e. The van der Waals surface area contributed by atoms with Crippen molar-refractivity contribution in [3.8, 4) is 0 Å². The molecule has 2 aromatic rings. The minimum absolute atomic E-state index is 0.415. The Morgan fingerprint density at radius 1 is 1.32 bits per heavy atom. The molecule has 1 aliphatic rings. The minimum atomic E-state index is -0.415. The van der Waals surface area contributed by atoms with E-state index in [1.807, 2.05) is 12.3 Å². The molecule has 1 fully saturated rings. The molecule has 2 aromatic heterocycles. The fourth-order valence-electron chi connectivity index (χ4n) is 2.58. The van der Waals surface area contributed by atoms with Crippen LogP contribution in [0.5, 0.6) is 0 Å². The van der Waals surface area contributed by atoms with E-state index in [0.717, 1.165) is 36.4 Å². The first kappa shape index (κ1) is 12.7. The van der Waals surface area contributed by atoms with Crippen molar-refractivity contribution in [2.24, 2.45) is 5.73 Å². The van der Waals surface area contributed by atoms with Crippen LogP contribution in [0, 0.1) is 6.92 Å². The van der Waals surface area contributed by atoms with Gasteiger partial charge in [0, 0.05) is 5.38 Å². The van der Waals surface area contributed by atoms with Gasteiger partial charge in [-0.3, -0.25) is 0 Å². The third kappa shape index (κ3) is 2.69. The van der Waals surface area contributed by atoms with Crippen molar-refractivity contribution in [3.63, 3.8) is 0 Å². The summed E-state index contributed by atoms with van der Waals surface area (Å²) in [5.41, 5.74) is 6.96. The second-order valence-corrected chi connectivity index (χ2v) is 6.33. The number of hydrogen-bond donors (Lipinski definition) is 1. The molecule has 2 N–H and O–H groups in total. The summed E-state index contributed by atoms with van der Waals surface area (Å²) in [5.74, 6) is 1.27. The van der Waals surface area contributed by atoms with E-state index in [4.69, 9.17) is 10.3 Å². The molecule has 3 rings (SSSR count). The summed E-state index contributed by atoms with van der Waals surface area (Å²) in [4.78, 5) is 8.88. The molecule has 0 saturated heterocycles. The van der Waals surface area contributed by atoms with E-state index in [2.05, 4.69) is 15.1 Å². The molecule has 0 aromatic carbocycles. The van der Waals surface area contributed by atoms with E-state index < -0.39 is 5.54 Å². The summed E-state index contributed by atoms with van der Waals surface area (Å²) in [5, 5.41) is 7.13. The molecule has 0 spiro atoms. The van der Waals surface area contributed by atoms with E-state index in [9.17, 15) is 0 Å². The van der Waals surface area contributed by atoms with Crippen LogP contribution in [0.3, 0.4) is 0 Å². The highest BCUT2D eigenvalue weighted by molar-refractivity contribution is 7.09. The van der Waals surface area contributed by atoms with Crippen LogP contribution in [0.1, 0.15) is 54.5 Å². The lowest BCUT2D eigenvalue weighted by Crippen LogP contribution is -2.39. The van der Waals surface area contributed by atoms with Crippen molar-refractivity contribution >= 4 is 11.3 Å². The normalized spacial score (nSPS) is 18.6. The number of aryl methyl sites for hydroxylation is 1. The van der Waals surface area contributed by atoms with Gasteiger partial charge in [0.05, 0.1) is 22.7 Å². The Balaban J connectivity index is 1.75. The van der Waals surface area contributed by atoms with Gasteiger partial charge in [-0.15, -0.1) is 11.3 Å². The van der Waals surface area contributed by atoms with Gasteiger partial charge in [-0.05, 0) is 19.8 Å². The van der Waals surface area contributed by atoms with Gasteiger partial charge in [-0.25, -0.2) is 4.98 Å². The van der Waals surface area contributed by atoms with Crippen molar-refractivity contribution in [1.29, 1.82) is 0 Å². The molecular weight excluding hydrogens is 260 g/mol. The summed E-state index contributed by atoms with van der Waals surface area (Å²) in [6, 6.07) is 0. The van der Waals surface area contributed by atoms with Crippen molar-refractivity contribution in [2.45, 2.75) is 51.0 Å². The van der Waals surface area contributed by atoms with Crippen LogP contribution in [-0.2, 0) is 12.0 Å². The number of nitrogens with zero attached hydrogens (tertiary/aromatic N) is 3. The van der Waals surface area contributed by atoms with E-state index in [0.29, 0.717) is 18.1 Å². The molecule has 0 bridgehead atoms. The molecule has 0 aliphatic heterocycles. The fraction of sp³-hybridized carbons (Fsp3) is 0.615. The highest BCUT2D eigenvalue weighted by Crippen LogP contribution is 2.33. The maximum absolute atomic E-state index is 6.38. The monoisotopic (exact) mass is 278 g/mol. The average Bonchev–Trinajstić information content (AvgIpc) is 3.01. The lowest BCUT2D eigenvalue weighted by atomic mass is 9.82. The van der Waals surface area contributed by atoms with E-state index in [1.54, 1.807) is 11.3 Å². The zero-order chi connectivity index (χ0) is 13.3. The summed E-state index contributed by atoms with van der Waals surface area (Å²) < 4.78 is 5.38. The molecule has 0 unspecified atom stereocenters. The molecule has 1 saturated carbocycles. The van der Waals surface area contributed by atoms with Crippen LogP contribution in [0.4, 0.5) is 0 Å². The lowest BCUT2D eigenvalue weighted by Gasteiger charge is -2.29. The smallest absolute Gasteiger partial charge is 0.246 e. The largest absolute Gasteiger partial charge is 0.337 e. The second kappa shape index (κ2) is 5.02. The first-order chi connectivity index (χ1) is 9.16. The summed E-state index contributed by atoms with van der Waals surface area (Å²) in [6.07, 6.45) is 6.01. The zero-order valence-electron chi connectivity index (χ0n) is 11.1. The Hall–Kier alpha value is -1.27. The molecule has 0 radical (unpaired) electrons. The third-order valence-electron chi connectivity index (χ3n) is 3.65. The van der Waals surface area contributed by atoms with Gasteiger partial charge in [0.25, 0.3) is 0 Å². The molecule has 5 nitrogen and oxygen atoms in total. The highest BCUT2D eigenvalue weighted by Gasteiger charge is 2.35. The Labute approximate surface area is 116 Å². The standard InChI is InChI=1S/C13H18N4OS/c1-9-15-10(8-19-9)7-11-16-12(18-17-11)13(14)5-3-2-4-6-13/h8H,2-7,14H2,1H3. The van der Waals surface area contributed by atoms with Crippen LogP contribution in [0.25, 0.3) is 0 Å². The highest BCUT2D eigenvalue weighted by atomic mass is 32.1. The summed E-state index contributed by atoms with van der Waals surface area (Å²) in [7, 11) is 0. The fourth-order valence-corrected chi connectivity index (χ4v) is 3.19. The van der Waals surface area contributed by atoms with Crippen molar-refractivity contribution < 1.29 is 4.52 Å². The Morgan fingerprint density at radius 3 is 2.79 bits per heavy atom. The van der Waals surface area contributed by atoms with Crippen molar-refractivity contribution in [3.05, 3.63) is 27.8 Å². The first-order valence-corrected chi connectivity index (χ1v) is 7.57. The Bertz CT molecular complexity index is 556. The molecule has 0 amide bonds. The Morgan fingerprint density at radius 2 is 2.11 bits per heavy atom. The number of nitrogens with two attached hydrogens (primary N) is 1. The zero-order valence-corrected chi connectivity index (χ0v) is 11.9. The van der Waals surface area contributed by atoms with Crippen LogP contribution >= 0.6 is 11.3 Å². The van der Waals surface area contributed by atoms with Crippen LogP contribution in [0.15, 0.2) is 9.90 Å². The predicted molar refractivity (Wildman–Crippen MR) is 72.9 cm³/mol. The molecule has 2 heterocycles. The maximum atomic E-state index is 6.38.